The molecule has 24 nitrogen and oxygen atoms in total. The molecule has 127 heavy (non-hydrogen) atoms. The molecular formula is C100H108F3N15O9. The SMILES string of the molecule is COCCC(=O)NC12CCC(c3nc(-c4ccc(CCC(=O)c5cc(F)ccc5C)cc4)c4c(N)nccn34)(CC1)C2.Cc1ccc(F)cc1C(=O)CCc1ccc(-c2nc(C34CCC(NC(=O)C(C)(C)O)(CC3)C4)n3ccnc(N)c23)cc1.Cc1ccc(F)cc1C(=O)CCc1ccc(-c2nc(C34CCC(NC(=O)C5(C)COC5)(CC3)C4)n3ccnc(N)c23)cc1. The van der Waals surface area contributed by atoms with Crippen LogP contribution in [0.25, 0.3) is 50.3 Å². The highest BCUT2D eigenvalue weighted by Crippen LogP contribution is 2.61. The second-order valence-corrected chi connectivity index (χ2v) is 37.7. The predicted molar refractivity (Wildman–Crippen MR) is 478 cm³/mol. The molecule has 0 radical (unpaired) electrons. The number of nitrogens with zero attached hydrogens (tertiary/aromatic N) is 9. The topological polar surface area (TPSA) is 346 Å². The largest absolute Gasteiger partial charge is 0.384 e. The number of Topliss-reactive ketones (excluding diaryl/α,β-unsaturated/α-hetero) is 3. The lowest BCUT2D eigenvalue weighted by Crippen LogP contribution is -2.57. The second kappa shape index (κ2) is 33.8. The summed E-state index contributed by atoms with van der Waals surface area (Å²) >= 11 is 0. The fourth-order valence-electron chi connectivity index (χ4n) is 21.2. The number of ketones is 3. The third kappa shape index (κ3) is 16.8. The number of nitrogen functional groups attached to an aromatic ring is 3. The van der Waals surface area contributed by atoms with Gasteiger partial charge >= 0.3 is 0 Å². The van der Waals surface area contributed by atoms with Crippen molar-refractivity contribution in [3.63, 3.8) is 0 Å². The van der Waals surface area contributed by atoms with Crippen LogP contribution >= 0.6 is 0 Å². The van der Waals surface area contributed by atoms with E-state index < -0.39 is 28.5 Å². The number of carbonyl (C=O) groups is 6. The summed E-state index contributed by atoms with van der Waals surface area (Å²) in [4.78, 5) is 105. The Labute approximate surface area is 734 Å². The van der Waals surface area contributed by atoms with Crippen LogP contribution in [0.3, 0.4) is 0 Å². The normalized spacial score (nSPS) is 22.2. The lowest BCUT2D eigenvalue weighted by Gasteiger charge is -2.40. The van der Waals surface area contributed by atoms with Crippen LogP contribution in [0.4, 0.5) is 30.6 Å². The van der Waals surface area contributed by atoms with Crippen molar-refractivity contribution in [1.82, 2.24) is 59.1 Å². The number of fused-ring (bicyclic) bond motifs is 9. The molecule has 658 valence electrons. The average molecular weight is 1720 g/mol. The molecule has 6 saturated carbocycles. The number of aliphatic hydroxyl groups is 1. The molecule has 27 heteroatoms. The van der Waals surface area contributed by atoms with Crippen molar-refractivity contribution < 1.29 is 56.5 Å². The molecule has 6 aromatic carbocycles. The number of aryl methyl sites for hydroxylation is 6. The number of amides is 3. The van der Waals surface area contributed by atoms with Gasteiger partial charge in [0, 0.05) is 136 Å². The van der Waals surface area contributed by atoms with Gasteiger partial charge in [-0.2, -0.15) is 0 Å². The maximum absolute atomic E-state index is 13.7. The maximum atomic E-state index is 13.7. The van der Waals surface area contributed by atoms with Crippen molar-refractivity contribution in [2.24, 2.45) is 5.41 Å². The summed E-state index contributed by atoms with van der Waals surface area (Å²) in [6.45, 7) is 11.8. The summed E-state index contributed by atoms with van der Waals surface area (Å²) in [6.07, 6.45) is 27.0. The van der Waals surface area contributed by atoms with Crippen molar-refractivity contribution in [2.45, 2.75) is 221 Å². The number of aromatic nitrogens is 9. The van der Waals surface area contributed by atoms with E-state index >= 15 is 0 Å². The summed E-state index contributed by atoms with van der Waals surface area (Å²) in [5, 5.41) is 20.1. The number of anilines is 3. The predicted octanol–water partition coefficient (Wildman–Crippen LogP) is 15.8. The molecule has 1 saturated heterocycles. The molecule has 1 aliphatic heterocycles. The van der Waals surface area contributed by atoms with E-state index in [1.165, 1.54) is 50.2 Å². The highest BCUT2D eigenvalue weighted by Gasteiger charge is 2.61. The molecule has 3 amide bonds. The highest BCUT2D eigenvalue weighted by molar-refractivity contribution is 5.99. The minimum atomic E-state index is -1.44. The smallest absolute Gasteiger partial charge is 0.251 e. The van der Waals surface area contributed by atoms with Gasteiger partial charge < -0.3 is 47.7 Å². The summed E-state index contributed by atoms with van der Waals surface area (Å²) in [5.74, 6) is 2.41. The molecule has 0 unspecified atom stereocenters. The summed E-state index contributed by atoms with van der Waals surface area (Å²) in [7, 11) is 1.60. The number of hydrogen-bond donors (Lipinski definition) is 7. The van der Waals surface area contributed by atoms with Gasteiger partial charge in [0.05, 0.1) is 25.2 Å². The van der Waals surface area contributed by atoms with Gasteiger partial charge in [-0.3, -0.25) is 42.0 Å². The Morgan fingerprint density at radius 1 is 0.457 bits per heavy atom. The zero-order valence-corrected chi connectivity index (χ0v) is 72.9. The Hall–Kier alpha value is -12.3. The van der Waals surface area contributed by atoms with E-state index in [1.807, 2.05) is 123 Å². The lowest BCUT2D eigenvalue weighted by molar-refractivity contribution is -0.159. The first kappa shape index (κ1) is 86.8. The number of hydrogen-bond acceptors (Lipinski definition) is 18. The summed E-state index contributed by atoms with van der Waals surface area (Å²) in [5.41, 5.74) is 30.1. The van der Waals surface area contributed by atoms with E-state index in [2.05, 4.69) is 39.7 Å². The van der Waals surface area contributed by atoms with Crippen molar-refractivity contribution in [3.05, 3.63) is 250 Å². The number of nitrogens with two attached hydrogens (primary N) is 3. The number of carbonyl (C=O) groups excluding carboxylic acids is 6. The lowest BCUT2D eigenvalue weighted by atomic mass is 9.82. The zero-order valence-electron chi connectivity index (χ0n) is 72.9. The molecule has 6 bridgehead atoms. The fourth-order valence-corrected chi connectivity index (χ4v) is 21.2. The molecule has 10 N–H and O–H groups in total. The quantitative estimate of drug-likeness (QED) is 0.0248. The molecule has 6 aromatic heterocycles. The van der Waals surface area contributed by atoms with E-state index in [1.54, 1.807) is 43.9 Å². The Morgan fingerprint density at radius 3 is 1.07 bits per heavy atom. The molecular weight excluding hydrogens is 1610 g/mol. The van der Waals surface area contributed by atoms with E-state index in [-0.39, 0.29) is 74.4 Å². The zero-order chi connectivity index (χ0) is 89.3. The first-order valence-electron chi connectivity index (χ1n) is 44.0. The van der Waals surface area contributed by atoms with Gasteiger partial charge in [0.15, 0.2) is 17.3 Å². The van der Waals surface area contributed by atoms with Gasteiger partial charge in [-0.1, -0.05) is 91.0 Å². The third-order valence-electron chi connectivity index (χ3n) is 28.4. The first-order valence-corrected chi connectivity index (χ1v) is 44.0. The highest BCUT2D eigenvalue weighted by atomic mass is 19.1. The Kier molecular flexibility index (Phi) is 23.1. The standard InChI is InChI=1S/C34H36FN5O3.2C33H36FN5O3/c1-21-3-9-24(35)17-25(21)26(41)10-6-22-4-7-23(8-5-22)27-28-29(36)37-15-16-40(28)30(38-27)33-11-13-34(18-33,14-12-33)39-31(42)32(2)19-43-20-32;1-20-4-10-23(34)18-24(20)25(40)11-7-21-5-8-22(9-6-21)26-27-28(35)36-16-17-39(27)29(37-26)32-12-14-33(19-32,15-13-32)38-30(41)31(2,3)42;1-21-3-9-24(34)19-25(21)26(40)10-6-22-4-7-23(8-5-22)28-29-30(35)36-16-17-39(29)31(37-28)32-12-14-33(20-32,15-13-32)38-27(41)11-18-42-2/h3-5,7-9,15-17H,6,10-14,18-20H2,1-2H3,(H2,36,37)(H,39,42);4-6,8-10,16-18,42H,7,11-15,19H2,1-3H3,(H2,35,36)(H,38,41);3-5,7-9,16-17,19H,6,10-15,18,20H2,1-2H3,(H2,35,36)(H,38,41). The van der Waals surface area contributed by atoms with Crippen molar-refractivity contribution in [2.75, 3.05) is 44.1 Å². The van der Waals surface area contributed by atoms with Crippen LogP contribution in [-0.4, -0.2) is 132 Å². The minimum absolute atomic E-state index is 0.0320. The molecule has 7 fully saturated rings. The van der Waals surface area contributed by atoms with Crippen LogP contribution in [0.2, 0.25) is 0 Å². The molecule has 7 heterocycles. The number of ether oxygens (including phenoxy) is 2. The number of rotatable bonds is 26. The average Bonchev–Trinajstić information content (AvgIpc) is 1.56. The van der Waals surface area contributed by atoms with Gasteiger partial charge in [0.2, 0.25) is 11.8 Å². The second-order valence-electron chi connectivity index (χ2n) is 37.7. The first-order chi connectivity index (χ1) is 60.7. The summed E-state index contributed by atoms with van der Waals surface area (Å²) in [6, 6.07) is 36.9. The molecule has 12 aromatic rings. The van der Waals surface area contributed by atoms with E-state index in [4.69, 9.17) is 41.6 Å². The van der Waals surface area contributed by atoms with Gasteiger partial charge in [0.25, 0.3) is 5.91 Å². The van der Waals surface area contributed by atoms with E-state index in [0.29, 0.717) is 92.5 Å². The number of benzene rings is 6. The maximum Gasteiger partial charge on any atom is 0.251 e. The van der Waals surface area contributed by atoms with E-state index in [0.717, 1.165) is 197 Å². The van der Waals surface area contributed by atoms with E-state index in [9.17, 15) is 47.0 Å². The van der Waals surface area contributed by atoms with Gasteiger partial charge in [0.1, 0.15) is 91.6 Å². The Bertz CT molecular complexity index is 6300. The fraction of sp³-hybridized carbons (Fsp3) is 0.400. The number of methoxy groups -OCH3 is 1. The number of nitrogens with one attached hydrogen (secondary N) is 3. The van der Waals surface area contributed by atoms with Crippen molar-refractivity contribution in [1.29, 1.82) is 0 Å². The molecule has 0 atom stereocenters. The molecule has 6 aliphatic carbocycles. The van der Waals surface area contributed by atoms with Crippen LogP contribution in [0.15, 0.2) is 165 Å². The van der Waals surface area contributed by atoms with Gasteiger partial charge in [-0.05, 0) is 227 Å². The van der Waals surface area contributed by atoms with Crippen molar-refractivity contribution in [3.8, 4) is 33.8 Å². The van der Waals surface area contributed by atoms with Crippen LogP contribution in [0.1, 0.15) is 225 Å². The molecule has 19 rings (SSSR count). The monoisotopic (exact) mass is 1720 g/mol. The van der Waals surface area contributed by atoms with Crippen molar-refractivity contribution >= 4 is 69.1 Å². The van der Waals surface area contributed by atoms with Gasteiger partial charge in [-0.25, -0.2) is 43.1 Å². The summed E-state index contributed by atoms with van der Waals surface area (Å²) < 4.78 is 57.7. The molecule has 7 aliphatic rings. The van der Waals surface area contributed by atoms with Crippen LogP contribution in [-0.2, 0) is 59.4 Å². The number of halogens is 3. The Morgan fingerprint density at radius 2 is 0.772 bits per heavy atom. The Balaban J connectivity index is 0.000000134. The van der Waals surface area contributed by atoms with Gasteiger partial charge in [-0.15, -0.1) is 0 Å². The number of imidazole rings is 3. The van der Waals surface area contributed by atoms with Crippen LogP contribution in [0.5, 0.6) is 0 Å². The van der Waals surface area contributed by atoms with Crippen LogP contribution < -0.4 is 33.2 Å². The third-order valence-corrected chi connectivity index (χ3v) is 28.4. The minimum Gasteiger partial charge on any atom is -0.384 e. The van der Waals surface area contributed by atoms with Crippen LogP contribution in [0, 0.1) is 43.6 Å². The molecule has 0 spiro atoms.